The number of benzene rings is 1. The van der Waals surface area contributed by atoms with Crippen LogP contribution < -0.4 is 5.32 Å². The third-order valence-electron chi connectivity index (χ3n) is 3.54. The van der Waals surface area contributed by atoms with Crippen LogP contribution >= 0.6 is 0 Å². The van der Waals surface area contributed by atoms with Crippen LogP contribution in [-0.4, -0.2) is 12.2 Å². The molecule has 1 aliphatic rings. The molecule has 0 saturated heterocycles. The van der Waals surface area contributed by atoms with Gasteiger partial charge >= 0.3 is 6.18 Å². The smallest absolute Gasteiger partial charge is 0.416 e. The molecule has 0 unspecified atom stereocenters. The number of allylic oxidation sites excluding steroid dienone is 2. The van der Waals surface area contributed by atoms with Crippen LogP contribution in [0.1, 0.15) is 17.7 Å². The lowest BCUT2D eigenvalue weighted by atomic mass is 10.0. The molecule has 0 bridgehead atoms. The van der Waals surface area contributed by atoms with Crippen molar-refractivity contribution < 1.29 is 27.4 Å². The predicted molar refractivity (Wildman–Crippen MR) is 83.2 cm³/mol. The second-order valence-electron chi connectivity index (χ2n) is 5.11. The van der Waals surface area contributed by atoms with Gasteiger partial charge in [-0.05, 0) is 36.3 Å². The molecule has 0 fully saturated rings. The summed E-state index contributed by atoms with van der Waals surface area (Å²) in [5.74, 6) is 0.252. The van der Waals surface area contributed by atoms with Crippen LogP contribution in [0.25, 0.3) is 16.9 Å². The highest BCUT2D eigenvalue weighted by Crippen LogP contribution is 2.45. The monoisotopic (exact) mass is 337 g/mol. The van der Waals surface area contributed by atoms with E-state index >= 15 is 0 Å². The molecule has 0 spiro atoms. The molecule has 2 N–H and O–H groups in total. The van der Waals surface area contributed by atoms with Crippen LogP contribution in [0.3, 0.4) is 0 Å². The molecule has 0 radical (unpaired) electrons. The maximum absolute atomic E-state index is 12.9. The molecular formula is C17H14F3NO3. The minimum absolute atomic E-state index is 0.0658. The van der Waals surface area contributed by atoms with Crippen molar-refractivity contribution in [2.24, 2.45) is 0 Å². The molecule has 4 nitrogen and oxygen atoms in total. The van der Waals surface area contributed by atoms with E-state index in [9.17, 15) is 18.3 Å². The highest BCUT2D eigenvalue weighted by molar-refractivity contribution is 5.85. The Balaban J connectivity index is 2.11. The summed E-state index contributed by atoms with van der Waals surface area (Å²) in [7, 11) is 1.55. The summed E-state index contributed by atoms with van der Waals surface area (Å²) in [5, 5.41) is 13.2. The van der Waals surface area contributed by atoms with E-state index in [1.807, 2.05) is 0 Å². The predicted octanol–water partition coefficient (Wildman–Crippen LogP) is 4.99. The zero-order chi connectivity index (χ0) is 17.3. The minimum Gasteiger partial charge on any atom is -0.504 e. The largest absolute Gasteiger partial charge is 0.504 e. The third kappa shape index (κ3) is 2.84. The number of ether oxygens (including phenoxy) is 1. The maximum atomic E-state index is 12.9. The van der Waals surface area contributed by atoms with Crippen LogP contribution in [0.5, 0.6) is 5.75 Å². The lowest BCUT2D eigenvalue weighted by molar-refractivity contribution is -0.137. The van der Waals surface area contributed by atoms with Crippen LogP contribution in [0, 0.1) is 0 Å². The first-order chi connectivity index (χ1) is 11.4. The van der Waals surface area contributed by atoms with E-state index in [1.54, 1.807) is 19.2 Å². The number of hydrogen-bond donors (Lipinski definition) is 2. The molecule has 0 aliphatic carbocycles. The maximum Gasteiger partial charge on any atom is 0.416 e. The van der Waals surface area contributed by atoms with E-state index in [1.165, 1.54) is 18.4 Å². The van der Waals surface area contributed by atoms with Crippen molar-refractivity contribution in [2.45, 2.75) is 12.6 Å². The number of alkyl halides is 3. The second-order valence-corrected chi connectivity index (χ2v) is 5.11. The van der Waals surface area contributed by atoms with Crippen LogP contribution in [0.4, 0.5) is 19.1 Å². The number of aromatic hydroxyl groups is 1. The molecule has 0 atom stereocenters. The van der Waals surface area contributed by atoms with Crippen molar-refractivity contribution in [3.05, 3.63) is 54.0 Å². The molecule has 24 heavy (non-hydrogen) atoms. The lowest BCUT2D eigenvalue weighted by Gasteiger charge is -2.09. The molecule has 0 amide bonds. The fourth-order valence-electron chi connectivity index (χ4n) is 2.43. The van der Waals surface area contributed by atoms with Crippen molar-refractivity contribution in [1.82, 2.24) is 0 Å². The number of nitrogens with one attached hydrogen (secondary N) is 1. The number of anilines is 1. The average Bonchev–Trinajstić information content (AvgIpc) is 2.91. The van der Waals surface area contributed by atoms with Gasteiger partial charge in [0.2, 0.25) is 11.6 Å². The van der Waals surface area contributed by atoms with Gasteiger partial charge in [-0.2, -0.15) is 13.2 Å². The zero-order valence-electron chi connectivity index (χ0n) is 12.6. The zero-order valence-corrected chi connectivity index (χ0v) is 12.6. The van der Waals surface area contributed by atoms with Gasteiger partial charge in [-0.1, -0.05) is 12.1 Å². The Kier molecular flexibility index (Phi) is 4.01. The van der Waals surface area contributed by atoms with Gasteiger partial charge in [-0.25, -0.2) is 0 Å². The highest BCUT2D eigenvalue weighted by Gasteiger charge is 2.32. The minimum atomic E-state index is -4.47. The second kappa shape index (κ2) is 5.99. The number of hydrogen-bond acceptors (Lipinski definition) is 4. The summed E-state index contributed by atoms with van der Waals surface area (Å²) in [6.07, 6.45) is 1.06. The van der Waals surface area contributed by atoms with E-state index in [2.05, 4.69) is 5.32 Å². The van der Waals surface area contributed by atoms with Gasteiger partial charge in [-0.3, -0.25) is 0 Å². The number of furan rings is 1. The topological polar surface area (TPSA) is 54.6 Å². The fourth-order valence-corrected chi connectivity index (χ4v) is 2.43. The van der Waals surface area contributed by atoms with Crippen molar-refractivity contribution in [2.75, 3.05) is 12.4 Å². The van der Waals surface area contributed by atoms with Crippen molar-refractivity contribution >= 4 is 11.6 Å². The molecule has 0 saturated carbocycles. The Morgan fingerprint density at radius 1 is 1.25 bits per heavy atom. The first-order valence-electron chi connectivity index (χ1n) is 7.15. The molecule has 1 aromatic heterocycles. The first-order valence-corrected chi connectivity index (χ1v) is 7.15. The van der Waals surface area contributed by atoms with E-state index in [0.717, 1.165) is 12.1 Å². The Labute approximate surface area is 135 Å². The van der Waals surface area contributed by atoms with E-state index < -0.39 is 11.7 Å². The summed E-state index contributed by atoms with van der Waals surface area (Å²) < 4.78 is 49.6. The highest BCUT2D eigenvalue weighted by atomic mass is 19.4. The van der Waals surface area contributed by atoms with Gasteiger partial charge in [0, 0.05) is 7.05 Å². The molecule has 3 rings (SSSR count). The number of rotatable bonds is 3. The van der Waals surface area contributed by atoms with Crippen LogP contribution in [0.15, 0.2) is 47.1 Å². The van der Waals surface area contributed by atoms with Gasteiger partial charge < -0.3 is 19.6 Å². The van der Waals surface area contributed by atoms with Crippen LogP contribution in [-0.2, 0) is 10.9 Å². The SMILES string of the molecule is CNc1oc(C2=CCC=CO2)c(O)c1-c1cccc(C(F)(F)F)c1. The molecule has 126 valence electrons. The third-order valence-corrected chi connectivity index (χ3v) is 3.54. The molecule has 2 aromatic rings. The molecule has 1 aromatic carbocycles. The van der Waals surface area contributed by atoms with Gasteiger partial charge in [0.1, 0.15) is 0 Å². The van der Waals surface area contributed by atoms with E-state index in [4.69, 9.17) is 9.15 Å². The average molecular weight is 337 g/mol. The van der Waals surface area contributed by atoms with E-state index in [-0.39, 0.29) is 28.5 Å². The van der Waals surface area contributed by atoms with Gasteiger partial charge in [0.15, 0.2) is 11.5 Å². The molecular weight excluding hydrogens is 323 g/mol. The standard InChI is InChI=1S/C17H14F3NO3/c1-21-16-13(10-5-4-6-11(9-10)17(18,19)20)14(22)15(24-16)12-7-2-3-8-23-12/h3-9,21-22H,2H2,1H3. The summed E-state index contributed by atoms with van der Waals surface area (Å²) in [6, 6.07) is 4.69. The van der Waals surface area contributed by atoms with Crippen molar-refractivity contribution in [1.29, 1.82) is 0 Å². The Bertz CT molecular complexity index is 819. The summed E-state index contributed by atoms with van der Waals surface area (Å²) in [6.45, 7) is 0. The van der Waals surface area contributed by atoms with Gasteiger partial charge in [0.05, 0.1) is 17.4 Å². The molecule has 1 aliphatic heterocycles. The Morgan fingerprint density at radius 3 is 2.67 bits per heavy atom. The fraction of sp³-hybridized carbons (Fsp3) is 0.176. The molecule has 7 heteroatoms. The van der Waals surface area contributed by atoms with Crippen molar-refractivity contribution in [3.8, 4) is 16.9 Å². The van der Waals surface area contributed by atoms with Crippen molar-refractivity contribution in [3.63, 3.8) is 0 Å². The normalized spacial score (nSPS) is 14.2. The summed E-state index contributed by atoms with van der Waals surface area (Å²) >= 11 is 0. The van der Waals surface area contributed by atoms with E-state index in [0.29, 0.717) is 12.2 Å². The first kappa shape index (κ1) is 16.0. The number of halogens is 3. The van der Waals surface area contributed by atoms with Gasteiger partial charge in [-0.15, -0.1) is 0 Å². The Morgan fingerprint density at radius 2 is 2.04 bits per heavy atom. The quantitative estimate of drug-likeness (QED) is 0.829. The summed E-state index contributed by atoms with van der Waals surface area (Å²) in [4.78, 5) is 0. The van der Waals surface area contributed by atoms with Crippen LogP contribution in [0.2, 0.25) is 0 Å². The Hall–Kier alpha value is -2.83. The summed E-state index contributed by atoms with van der Waals surface area (Å²) in [5.41, 5.74) is -0.466. The lowest BCUT2D eigenvalue weighted by Crippen LogP contribution is -2.04. The molecule has 2 heterocycles. The van der Waals surface area contributed by atoms with Gasteiger partial charge in [0.25, 0.3) is 0 Å².